The normalized spacial score (nSPS) is 13.2. The highest BCUT2D eigenvalue weighted by Crippen LogP contribution is 2.15. The number of hydrogen-bond acceptors (Lipinski definition) is 3. The van der Waals surface area contributed by atoms with Crippen molar-refractivity contribution < 1.29 is 4.74 Å². The summed E-state index contributed by atoms with van der Waals surface area (Å²) in [5.41, 5.74) is 5.49. The number of methoxy groups -OCH3 is 1. The molecule has 1 aromatic rings. The smallest absolute Gasteiger partial charge is 0.164 e. The van der Waals surface area contributed by atoms with Gasteiger partial charge >= 0.3 is 0 Å². The van der Waals surface area contributed by atoms with Crippen LogP contribution in [-0.2, 0) is 11.3 Å². The van der Waals surface area contributed by atoms with E-state index in [9.17, 15) is 0 Å². The lowest BCUT2D eigenvalue weighted by molar-refractivity contribution is 0.0816. The lowest BCUT2D eigenvalue weighted by Gasteiger charge is -2.12. The fourth-order valence-electron chi connectivity index (χ4n) is 1.08. The summed E-state index contributed by atoms with van der Waals surface area (Å²) in [6, 6.07) is 0. The zero-order valence-corrected chi connectivity index (χ0v) is 8.58. The van der Waals surface area contributed by atoms with Crippen molar-refractivity contribution in [3.8, 4) is 0 Å². The summed E-state index contributed by atoms with van der Waals surface area (Å²) in [5.74, 6) is 0.368. The van der Waals surface area contributed by atoms with Crippen molar-refractivity contribution in [2.45, 2.75) is 26.0 Å². The highest BCUT2D eigenvalue weighted by atomic mass is 35.5. The van der Waals surface area contributed by atoms with Crippen LogP contribution < -0.4 is 5.73 Å². The Morgan fingerprint density at radius 1 is 1.77 bits per heavy atom. The first kappa shape index (κ1) is 10.3. The van der Waals surface area contributed by atoms with Crippen molar-refractivity contribution in [1.82, 2.24) is 9.78 Å². The summed E-state index contributed by atoms with van der Waals surface area (Å²) in [6.07, 6.45) is 2.81. The standard InChI is InChI=1S/C8H14ClN3O/c1-3-6(13-2)4-12-5-7(9)8(10)11-12/h5-6H,3-4H2,1-2H3,(H2,10,11). The number of halogens is 1. The van der Waals surface area contributed by atoms with Crippen molar-refractivity contribution >= 4 is 17.4 Å². The molecule has 0 aliphatic heterocycles. The molecule has 0 aromatic carbocycles. The topological polar surface area (TPSA) is 53.1 Å². The van der Waals surface area contributed by atoms with E-state index in [1.54, 1.807) is 18.0 Å². The van der Waals surface area contributed by atoms with Crippen LogP contribution in [0.15, 0.2) is 6.20 Å². The molecule has 1 unspecified atom stereocenters. The first-order valence-electron chi connectivity index (χ1n) is 4.18. The monoisotopic (exact) mass is 203 g/mol. The summed E-state index contributed by atoms with van der Waals surface area (Å²) >= 11 is 5.75. The molecule has 0 saturated carbocycles. The highest BCUT2D eigenvalue weighted by Gasteiger charge is 2.08. The molecule has 5 heteroatoms. The van der Waals surface area contributed by atoms with E-state index in [4.69, 9.17) is 22.1 Å². The molecule has 0 aliphatic carbocycles. The van der Waals surface area contributed by atoms with Crippen molar-refractivity contribution in [1.29, 1.82) is 0 Å². The average molecular weight is 204 g/mol. The molecule has 1 aromatic heterocycles. The maximum absolute atomic E-state index is 5.75. The number of hydrogen-bond donors (Lipinski definition) is 1. The predicted molar refractivity (Wildman–Crippen MR) is 52.7 cm³/mol. The van der Waals surface area contributed by atoms with Gasteiger partial charge in [0.2, 0.25) is 0 Å². The zero-order valence-electron chi connectivity index (χ0n) is 7.83. The molecular formula is C8H14ClN3O. The number of aromatic nitrogens is 2. The third-order valence-electron chi connectivity index (χ3n) is 1.92. The summed E-state index contributed by atoms with van der Waals surface area (Å²) < 4.78 is 6.91. The van der Waals surface area contributed by atoms with Crippen LogP contribution in [0.1, 0.15) is 13.3 Å². The molecule has 0 bridgehead atoms. The molecule has 4 nitrogen and oxygen atoms in total. The third kappa shape index (κ3) is 2.60. The second kappa shape index (κ2) is 4.48. The molecule has 0 saturated heterocycles. The summed E-state index contributed by atoms with van der Waals surface area (Å²) in [6.45, 7) is 2.74. The van der Waals surface area contributed by atoms with Gasteiger partial charge in [-0.3, -0.25) is 4.68 Å². The number of ether oxygens (including phenoxy) is 1. The lowest BCUT2D eigenvalue weighted by atomic mass is 10.3. The number of nitrogens with zero attached hydrogens (tertiary/aromatic N) is 2. The second-order valence-corrected chi connectivity index (χ2v) is 3.26. The first-order chi connectivity index (χ1) is 6.17. The largest absolute Gasteiger partial charge is 0.381 e. The number of anilines is 1. The van der Waals surface area contributed by atoms with Gasteiger partial charge in [0.05, 0.1) is 12.6 Å². The Bertz CT molecular complexity index is 251. The van der Waals surface area contributed by atoms with Crippen molar-refractivity contribution in [2.24, 2.45) is 0 Å². The van der Waals surface area contributed by atoms with Gasteiger partial charge in [-0.25, -0.2) is 0 Å². The van der Waals surface area contributed by atoms with Gasteiger partial charge in [0, 0.05) is 13.3 Å². The predicted octanol–water partition coefficient (Wildman–Crippen LogP) is 1.54. The van der Waals surface area contributed by atoms with Gasteiger partial charge in [-0.05, 0) is 6.42 Å². The van der Waals surface area contributed by atoms with Crippen molar-refractivity contribution in [3.05, 3.63) is 11.2 Å². The van der Waals surface area contributed by atoms with Gasteiger partial charge in [0.25, 0.3) is 0 Å². The second-order valence-electron chi connectivity index (χ2n) is 2.85. The van der Waals surface area contributed by atoms with E-state index < -0.39 is 0 Å². The van der Waals surface area contributed by atoms with Crippen LogP contribution in [0.5, 0.6) is 0 Å². The summed E-state index contributed by atoms with van der Waals surface area (Å²) in [5, 5.41) is 4.52. The molecule has 0 fully saturated rings. The Kier molecular flexibility index (Phi) is 3.57. The van der Waals surface area contributed by atoms with E-state index in [0.29, 0.717) is 17.4 Å². The van der Waals surface area contributed by atoms with E-state index >= 15 is 0 Å². The minimum atomic E-state index is 0.162. The van der Waals surface area contributed by atoms with Crippen LogP contribution in [0.2, 0.25) is 5.02 Å². The number of nitrogen functional groups attached to an aromatic ring is 1. The fourth-order valence-corrected chi connectivity index (χ4v) is 1.23. The average Bonchev–Trinajstić information content (AvgIpc) is 2.42. The molecule has 74 valence electrons. The minimum Gasteiger partial charge on any atom is -0.381 e. The molecule has 0 aliphatic rings. The molecule has 1 atom stereocenters. The van der Waals surface area contributed by atoms with Crippen LogP contribution in [0.25, 0.3) is 0 Å². The maximum Gasteiger partial charge on any atom is 0.164 e. The Balaban J connectivity index is 2.62. The minimum absolute atomic E-state index is 0.162. The third-order valence-corrected chi connectivity index (χ3v) is 2.21. The Hall–Kier alpha value is -0.740. The van der Waals surface area contributed by atoms with Crippen LogP contribution in [0.4, 0.5) is 5.82 Å². The van der Waals surface area contributed by atoms with Crippen LogP contribution >= 0.6 is 11.6 Å². The van der Waals surface area contributed by atoms with Crippen LogP contribution in [0.3, 0.4) is 0 Å². The van der Waals surface area contributed by atoms with Gasteiger partial charge in [-0.2, -0.15) is 5.10 Å². The molecule has 0 radical (unpaired) electrons. The van der Waals surface area contributed by atoms with Gasteiger partial charge in [0.1, 0.15) is 5.02 Å². The Labute approximate surface area is 82.6 Å². The zero-order chi connectivity index (χ0) is 9.84. The quantitative estimate of drug-likeness (QED) is 0.808. The van der Waals surface area contributed by atoms with Crippen molar-refractivity contribution in [2.75, 3.05) is 12.8 Å². The molecule has 13 heavy (non-hydrogen) atoms. The van der Waals surface area contributed by atoms with Gasteiger partial charge in [0.15, 0.2) is 5.82 Å². The SMILES string of the molecule is CCC(Cn1cc(Cl)c(N)n1)OC. The Morgan fingerprint density at radius 2 is 2.46 bits per heavy atom. The molecule has 1 heterocycles. The van der Waals surface area contributed by atoms with E-state index in [1.807, 2.05) is 0 Å². The van der Waals surface area contributed by atoms with Gasteiger partial charge in [-0.1, -0.05) is 18.5 Å². The molecule has 2 N–H and O–H groups in total. The molecule has 0 amide bonds. The summed E-state index contributed by atoms with van der Waals surface area (Å²) in [7, 11) is 1.68. The van der Waals surface area contributed by atoms with Gasteiger partial charge < -0.3 is 10.5 Å². The lowest BCUT2D eigenvalue weighted by Crippen LogP contribution is -2.18. The molecular weight excluding hydrogens is 190 g/mol. The fraction of sp³-hybridized carbons (Fsp3) is 0.625. The molecule has 0 spiro atoms. The number of nitrogens with two attached hydrogens (primary N) is 1. The maximum atomic E-state index is 5.75. The Morgan fingerprint density at radius 3 is 2.85 bits per heavy atom. The van der Waals surface area contributed by atoms with Crippen LogP contribution in [-0.4, -0.2) is 23.0 Å². The van der Waals surface area contributed by atoms with E-state index in [1.165, 1.54) is 0 Å². The van der Waals surface area contributed by atoms with E-state index in [-0.39, 0.29) is 6.10 Å². The molecule has 1 rings (SSSR count). The number of rotatable bonds is 4. The van der Waals surface area contributed by atoms with Crippen molar-refractivity contribution in [3.63, 3.8) is 0 Å². The van der Waals surface area contributed by atoms with E-state index in [2.05, 4.69) is 12.0 Å². The summed E-state index contributed by atoms with van der Waals surface area (Å²) in [4.78, 5) is 0. The highest BCUT2D eigenvalue weighted by molar-refractivity contribution is 6.32. The van der Waals surface area contributed by atoms with Crippen LogP contribution in [0, 0.1) is 0 Å². The van der Waals surface area contributed by atoms with Gasteiger partial charge in [-0.15, -0.1) is 0 Å². The first-order valence-corrected chi connectivity index (χ1v) is 4.56. The van der Waals surface area contributed by atoms with E-state index in [0.717, 1.165) is 6.42 Å².